The van der Waals surface area contributed by atoms with Gasteiger partial charge in [-0.15, -0.1) is 0 Å². The smallest absolute Gasteiger partial charge is 0.166 e. The number of rotatable bonds is 2. The second-order valence-corrected chi connectivity index (χ2v) is 4.43. The Hall–Kier alpha value is -0.890. The van der Waals surface area contributed by atoms with Gasteiger partial charge in [0.05, 0.1) is 0 Å². The number of halogens is 1. The molecule has 0 aromatic heterocycles. The molecular weight excluding hydrogens is 240 g/mol. The van der Waals surface area contributed by atoms with E-state index in [1.165, 1.54) is 0 Å². The topological polar surface area (TPSA) is 17.1 Å². The first kappa shape index (κ1) is 9.66. The van der Waals surface area contributed by atoms with Crippen LogP contribution in [-0.2, 0) is 0 Å². The van der Waals surface area contributed by atoms with Gasteiger partial charge >= 0.3 is 0 Å². The summed E-state index contributed by atoms with van der Waals surface area (Å²) in [7, 11) is 0. The Morgan fingerprint density at radius 2 is 1.71 bits per heavy atom. The van der Waals surface area contributed by atoms with Gasteiger partial charge in [0.1, 0.15) is 0 Å². The molecule has 0 fully saturated rings. The Balaban J connectivity index is 2.14. The van der Waals surface area contributed by atoms with Crippen LogP contribution in [0.4, 0.5) is 0 Å². The van der Waals surface area contributed by atoms with Crippen molar-refractivity contribution in [1.29, 1.82) is 0 Å². The highest BCUT2D eigenvalue weighted by atomic mass is 79.9. The zero-order chi connectivity index (χ0) is 9.97. The van der Waals surface area contributed by atoms with Crippen LogP contribution in [0.25, 0.3) is 0 Å². The standard InChI is InChI=1S/C12H11BrO/c13-11-7-5-10(6-8-11)12(14)9-3-1-2-4-9/h1-2,5-9H,3-4H2. The summed E-state index contributed by atoms with van der Waals surface area (Å²) in [5.41, 5.74) is 0.821. The largest absolute Gasteiger partial charge is 0.294 e. The van der Waals surface area contributed by atoms with Crippen LogP contribution >= 0.6 is 15.9 Å². The molecule has 2 heteroatoms. The first-order valence-corrected chi connectivity index (χ1v) is 5.51. The molecule has 0 saturated heterocycles. The maximum absolute atomic E-state index is 11.9. The van der Waals surface area contributed by atoms with Crippen molar-refractivity contribution >= 4 is 21.7 Å². The molecule has 14 heavy (non-hydrogen) atoms. The number of hydrogen-bond donors (Lipinski definition) is 0. The molecular formula is C12H11BrO. The van der Waals surface area contributed by atoms with Crippen molar-refractivity contribution in [3.8, 4) is 0 Å². The molecule has 0 unspecified atom stereocenters. The van der Waals surface area contributed by atoms with Gasteiger partial charge in [0, 0.05) is 16.0 Å². The SMILES string of the molecule is O=C(c1ccc(Br)cc1)C1CC=CC1. The predicted molar refractivity (Wildman–Crippen MR) is 60.3 cm³/mol. The fourth-order valence-electron chi connectivity index (χ4n) is 1.68. The average Bonchev–Trinajstić information content (AvgIpc) is 2.71. The minimum Gasteiger partial charge on any atom is -0.294 e. The van der Waals surface area contributed by atoms with Crippen molar-refractivity contribution in [3.63, 3.8) is 0 Å². The Morgan fingerprint density at radius 3 is 2.29 bits per heavy atom. The Morgan fingerprint density at radius 1 is 1.14 bits per heavy atom. The van der Waals surface area contributed by atoms with Gasteiger partial charge in [-0.05, 0) is 25.0 Å². The summed E-state index contributed by atoms with van der Waals surface area (Å²) in [5.74, 6) is 0.443. The molecule has 1 aromatic rings. The first-order valence-electron chi connectivity index (χ1n) is 4.72. The second kappa shape index (κ2) is 4.09. The van der Waals surface area contributed by atoms with Gasteiger partial charge in [-0.2, -0.15) is 0 Å². The Bertz CT molecular complexity index is 356. The lowest BCUT2D eigenvalue weighted by atomic mass is 9.96. The molecule has 1 aliphatic carbocycles. The lowest BCUT2D eigenvalue weighted by molar-refractivity contribution is 0.0926. The van der Waals surface area contributed by atoms with Gasteiger partial charge in [-0.1, -0.05) is 40.2 Å². The van der Waals surface area contributed by atoms with Crippen LogP contribution in [0.1, 0.15) is 23.2 Å². The van der Waals surface area contributed by atoms with Crippen molar-refractivity contribution in [2.45, 2.75) is 12.8 Å². The van der Waals surface area contributed by atoms with E-state index in [-0.39, 0.29) is 11.7 Å². The molecule has 0 saturated carbocycles. The van der Waals surface area contributed by atoms with Gasteiger partial charge in [-0.25, -0.2) is 0 Å². The zero-order valence-corrected chi connectivity index (χ0v) is 9.33. The van der Waals surface area contributed by atoms with E-state index >= 15 is 0 Å². The molecule has 0 heterocycles. The molecule has 0 bridgehead atoms. The number of benzene rings is 1. The van der Waals surface area contributed by atoms with E-state index in [2.05, 4.69) is 28.1 Å². The first-order chi connectivity index (χ1) is 6.77. The third-order valence-electron chi connectivity index (χ3n) is 2.51. The molecule has 0 aliphatic heterocycles. The highest BCUT2D eigenvalue weighted by molar-refractivity contribution is 9.10. The van der Waals surface area contributed by atoms with Crippen LogP contribution in [0.2, 0.25) is 0 Å². The van der Waals surface area contributed by atoms with Crippen LogP contribution in [0.5, 0.6) is 0 Å². The summed E-state index contributed by atoms with van der Waals surface area (Å²) < 4.78 is 1.01. The maximum atomic E-state index is 11.9. The van der Waals surface area contributed by atoms with Crippen molar-refractivity contribution in [2.24, 2.45) is 5.92 Å². The second-order valence-electron chi connectivity index (χ2n) is 3.51. The predicted octanol–water partition coefficient (Wildman–Crippen LogP) is 3.60. The van der Waals surface area contributed by atoms with E-state index < -0.39 is 0 Å². The van der Waals surface area contributed by atoms with Crippen LogP contribution in [-0.4, -0.2) is 5.78 Å². The van der Waals surface area contributed by atoms with Gasteiger partial charge in [-0.3, -0.25) is 4.79 Å². The fourth-order valence-corrected chi connectivity index (χ4v) is 1.95. The number of Topliss-reactive ketones (excluding diaryl/α,β-unsaturated/α-hetero) is 1. The van der Waals surface area contributed by atoms with Gasteiger partial charge in [0.15, 0.2) is 5.78 Å². The molecule has 0 amide bonds. The number of carbonyl (C=O) groups excluding carboxylic acids is 1. The number of carbonyl (C=O) groups is 1. The van der Waals surface area contributed by atoms with Crippen molar-refractivity contribution < 1.29 is 4.79 Å². The highest BCUT2D eigenvalue weighted by Crippen LogP contribution is 2.23. The normalized spacial score (nSPS) is 16.1. The summed E-state index contributed by atoms with van der Waals surface area (Å²) in [5, 5.41) is 0. The van der Waals surface area contributed by atoms with Crippen LogP contribution in [0, 0.1) is 5.92 Å². The van der Waals surface area contributed by atoms with Crippen molar-refractivity contribution in [3.05, 3.63) is 46.5 Å². The molecule has 1 nitrogen and oxygen atoms in total. The van der Waals surface area contributed by atoms with Crippen molar-refractivity contribution in [2.75, 3.05) is 0 Å². The monoisotopic (exact) mass is 250 g/mol. The lowest BCUT2D eigenvalue weighted by Gasteiger charge is -2.07. The van der Waals surface area contributed by atoms with E-state index in [1.54, 1.807) is 0 Å². The summed E-state index contributed by atoms with van der Waals surface area (Å²) in [6.07, 6.45) is 5.96. The van der Waals surface area contributed by atoms with Gasteiger partial charge < -0.3 is 0 Å². The number of hydrogen-bond acceptors (Lipinski definition) is 1. The van der Waals surface area contributed by atoms with Crippen LogP contribution in [0.3, 0.4) is 0 Å². The zero-order valence-electron chi connectivity index (χ0n) is 7.74. The molecule has 2 rings (SSSR count). The quantitative estimate of drug-likeness (QED) is 0.579. The average molecular weight is 251 g/mol. The molecule has 0 atom stereocenters. The molecule has 0 radical (unpaired) electrons. The minimum absolute atomic E-state index is 0.177. The summed E-state index contributed by atoms with van der Waals surface area (Å²) >= 11 is 3.35. The molecule has 72 valence electrons. The number of allylic oxidation sites excluding steroid dienone is 2. The Kier molecular flexibility index (Phi) is 2.82. The van der Waals surface area contributed by atoms with E-state index in [0.29, 0.717) is 0 Å². The molecule has 1 aliphatic rings. The van der Waals surface area contributed by atoms with Gasteiger partial charge in [0.25, 0.3) is 0 Å². The van der Waals surface area contributed by atoms with Crippen LogP contribution < -0.4 is 0 Å². The van der Waals surface area contributed by atoms with E-state index in [0.717, 1.165) is 22.9 Å². The fraction of sp³-hybridized carbons (Fsp3) is 0.250. The summed E-state index contributed by atoms with van der Waals surface area (Å²) in [4.78, 5) is 11.9. The number of ketones is 1. The lowest BCUT2D eigenvalue weighted by Crippen LogP contribution is -2.10. The third kappa shape index (κ3) is 1.95. The van der Waals surface area contributed by atoms with E-state index in [9.17, 15) is 4.79 Å². The van der Waals surface area contributed by atoms with E-state index in [4.69, 9.17) is 0 Å². The third-order valence-corrected chi connectivity index (χ3v) is 3.04. The summed E-state index contributed by atoms with van der Waals surface area (Å²) in [6, 6.07) is 7.58. The van der Waals surface area contributed by atoms with Crippen molar-refractivity contribution in [1.82, 2.24) is 0 Å². The molecule has 1 aromatic carbocycles. The van der Waals surface area contributed by atoms with Gasteiger partial charge in [0.2, 0.25) is 0 Å². The Labute approximate surface area is 92.0 Å². The maximum Gasteiger partial charge on any atom is 0.166 e. The van der Waals surface area contributed by atoms with Crippen LogP contribution in [0.15, 0.2) is 40.9 Å². The molecule has 0 N–H and O–H groups in total. The van der Waals surface area contributed by atoms with E-state index in [1.807, 2.05) is 24.3 Å². The summed E-state index contributed by atoms with van der Waals surface area (Å²) in [6.45, 7) is 0. The highest BCUT2D eigenvalue weighted by Gasteiger charge is 2.20. The molecule has 0 spiro atoms. The minimum atomic E-state index is 0.177.